The van der Waals surface area contributed by atoms with E-state index in [1.807, 2.05) is 39.1 Å². The molecule has 2 rings (SSSR count). The molecule has 0 radical (unpaired) electrons. The number of rotatable bonds is 3. The van der Waals surface area contributed by atoms with E-state index in [1.54, 1.807) is 0 Å². The highest BCUT2D eigenvalue weighted by Crippen LogP contribution is 2.15. The second-order valence-electron chi connectivity index (χ2n) is 4.11. The van der Waals surface area contributed by atoms with Gasteiger partial charge in [-0.3, -0.25) is 0 Å². The fourth-order valence-corrected chi connectivity index (χ4v) is 1.79. The number of aryl methyl sites for hydroxylation is 1. The molecule has 0 atom stereocenters. The Kier molecular flexibility index (Phi) is 3.38. The van der Waals surface area contributed by atoms with Crippen molar-refractivity contribution in [3.05, 3.63) is 53.0 Å². The third-order valence-corrected chi connectivity index (χ3v) is 2.88. The standard InChI is InChI=1S/C14H17N3/c1-10-11(2)16-13(17-14(10)15-3)9-12-7-5-4-6-8-12/h4-8H,9H2,1-3H3,(H,15,16,17). The van der Waals surface area contributed by atoms with Crippen molar-refractivity contribution in [2.75, 3.05) is 12.4 Å². The van der Waals surface area contributed by atoms with E-state index < -0.39 is 0 Å². The Morgan fingerprint density at radius 2 is 1.76 bits per heavy atom. The van der Waals surface area contributed by atoms with E-state index in [-0.39, 0.29) is 0 Å². The molecule has 0 aliphatic carbocycles. The van der Waals surface area contributed by atoms with Crippen molar-refractivity contribution < 1.29 is 0 Å². The maximum absolute atomic E-state index is 4.53. The summed E-state index contributed by atoms with van der Waals surface area (Å²) in [7, 11) is 1.89. The number of hydrogen-bond donors (Lipinski definition) is 1. The lowest BCUT2D eigenvalue weighted by Gasteiger charge is -2.09. The Labute approximate surface area is 102 Å². The molecule has 1 aromatic carbocycles. The molecular formula is C14H17N3. The largest absolute Gasteiger partial charge is 0.373 e. The second-order valence-corrected chi connectivity index (χ2v) is 4.11. The van der Waals surface area contributed by atoms with Gasteiger partial charge in [0.25, 0.3) is 0 Å². The summed E-state index contributed by atoms with van der Waals surface area (Å²) in [6, 6.07) is 10.3. The molecule has 1 N–H and O–H groups in total. The number of nitrogens with one attached hydrogen (secondary N) is 1. The van der Waals surface area contributed by atoms with E-state index in [9.17, 15) is 0 Å². The molecule has 0 aliphatic rings. The van der Waals surface area contributed by atoms with Gasteiger partial charge >= 0.3 is 0 Å². The van der Waals surface area contributed by atoms with Crippen molar-refractivity contribution in [1.82, 2.24) is 9.97 Å². The lowest BCUT2D eigenvalue weighted by molar-refractivity contribution is 0.929. The van der Waals surface area contributed by atoms with Crippen molar-refractivity contribution >= 4 is 5.82 Å². The monoisotopic (exact) mass is 227 g/mol. The predicted octanol–water partition coefficient (Wildman–Crippen LogP) is 2.73. The van der Waals surface area contributed by atoms with Gasteiger partial charge in [0, 0.05) is 24.7 Å². The van der Waals surface area contributed by atoms with E-state index in [0.29, 0.717) is 0 Å². The minimum Gasteiger partial charge on any atom is -0.373 e. The van der Waals surface area contributed by atoms with E-state index in [2.05, 4.69) is 27.4 Å². The van der Waals surface area contributed by atoms with Crippen LogP contribution in [0.1, 0.15) is 22.6 Å². The highest BCUT2D eigenvalue weighted by molar-refractivity contribution is 5.45. The Bertz CT molecular complexity index is 506. The van der Waals surface area contributed by atoms with Gasteiger partial charge in [-0.1, -0.05) is 30.3 Å². The lowest BCUT2D eigenvalue weighted by Crippen LogP contribution is -2.05. The van der Waals surface area contributed by atoms with E-state index in [4.69, 9.17) is 0 Å². The first-order chi connectivity index (χ1) is 8.20. The zero-order valence-corrected chi connectivity index (χ0v) is 10.5. The molecular weight excluding hydrogens is 210 g/mol. The summed E-state index contributed by atoms with van der Waals surface area (Å²) in [4.78, 5) is 9.05. The molecule has 0 saturated heterocycles. The summed E-state index contributed by atoms with van der Waals surface area (Å²) >= 11 is 0. The maximum Gasteiger partial charge on any atom is 0.135 e. The van der Waals surface area contributed by atoms with Crippen LogP contribution in [0, 0.1) is 13.8 Å². The maximum atomic E-state index is 4.53. The molecule has 3 nitrogen and oxygen atoms in total. The summed E-state index contributed by atoms with van der Waals surface area (Å²) < 4.78 is 0. The average Bonchev–Trinajstić information content (AvgIpc) is 2.35. The van der Waals surface area contributed by atoms with Gasteiger partial charge in [-0.2, -0.15) is 0 Å². The zero-order valence-electron chi connectivity index (χ0n) is 10.5. The van der Waals surface area contributed by atoms with Crippen LogP contribution < -0.4 is 5.32 Å². The van der Waals surface area contributed by atoms with Crippen LogP contribution in [0.3, 0.4) is 0 Å². The highest BCUT2D eigenvalue weighted by atomic mass is 15.0. The third kappa shape index (κ3) is 2.61. The highest BCUT2D eigenvalue weighted by Gasteiger charge is 2.06. The molecule has 1 heterocycles. The summed E-state index contributed by atoms with van der Waals surface area (Å²) in [6.07, 6.45) is 0.774. The van der Waals surface area contributed by atoms with Crippen molar-refractivity contribution in [2.24, 2.45) is 0 Å². The van der Waals surface area contributed by atoms with Crippen LogP contribution in [-0.2, 0) is 6.42 Å². The third-order valence-electron chi connectivity index (χ3n) is 2.88. The lowest BCUT2D eigenvalue weighted by atomic mass is 10.1. The minimum atomic E-state index is 0.774. The van der Waals surface area contributed by atoms with Crippen molar-refractivity contribution in [3.63, 3.8) is 0 Å². The first-order valence-electron chi connectivity index (χ1n) is 5.76. The Balaban J connectivity index is 2.31. The number of anilines is 1. The number of aromatic nitrogens is 2. The molecule has 1 aromatic heterocycles. The van der Waals surface area contributed by atoms with Gasteiger partial charge in [-0.05, 0) is 19.4 Å². The van der Waals surface area contributed by atoms with Gasteiger partial charge in [-0.15, -0.1) is 0 Å². The number of benzene rings is 1. The van der Waals surface area contributed by atoms with Gasteiger partial charge in [0.2, 0.25) is 0 Å². The molecule has 0 saturated carbocycles. The predicted molar refractivity (Wildman–Crippen MR) is 70.3 cm³/mol. The molecule has 17 heavy (non-hydrogen) atoms. The molecule has 0 amide bonds. The molecule has 0 bridgehead atoms. The van der Waals surface area contributed by atoms with Crippen LogP contribution in [0.4, 0.5) is 5.82 Å². The van der Waals surface area contributed by atoms with Crippen LogP contribution in [0.25, 0.3) is 0 Å². The molecule has 88 valence electrons. The summed E-state index contributed by atoms with van der Waals surface area (Å²) in [5.74, 6) is 1.78. The molecule has 3 heteroatoms. The fraction of sp³-hybridized carbons (Fsp3) is 0.286. The van der Waals surface area contributed by atoms with E-state index in [1.165, 1.54) is 5.56 Å². The average molecular weight is 227 g/mol. The molecule has 0 aliphatic heterocycles. The van der Waals surface area contributed by atoms with Gasteiger partial charge in [-0.25, -0.2) is 9.97 Å². The van der Waals surface area contributed by atoms with Crippen molar-refractivity contribution in [3.8, 4) is 0 Å². The molecule has 0 spiro atoms. The molecule has 0 unspecified atom stereocenters. The summed E-state index contributed by atoms with van der Waals surface area (Å²) in [5, 5.41) is 3.11. The SMILES string of the molecule is CNc1nc(Cc2ccccc2)nc(C)c1C. The summed E-state index contributed by atoms with van der Waals surface area (Å²) in [5.41, 5.74) is 3.39. The van der Waals surface area contributed by atoms with Gasteiger partial charge in [0.15, 0.2) is 0 Å². The molecule has 2 aromatic rings. The van der Waals surface area contributed by atoms with Crippen LogP contribution in [-0.4, -0.2) is 17.0 Å². The minimum absolute atomic E-state index is 0.774. The Morgan fingerprint density at radius 3 is 2.41 bits per heavy atom. The number of nitrogens with zero attached hydrogens (tertiary/aromatic N) is 2. The topological polar surface area (TPSA) is 37.8 Å². The first kappa shape index (κ1) is 11.6. The Morgan fingerprint density at radius 1 is 1.06 bits per heavy atom. The van der Waals surface area contributed by atoms with Crippen LogP contribution in [0.15, 0.2) is 30.3 Å². The normalized spacial score (nSPS) is 10.3. The van der Waals surface area contributed by atoms with Gasteiger partial charge in [0.1, 0.15) is 11.6 Å². The Hall–Kier alpha value is -1.90. The van der Waals surface area contributed by atoms with Crippen LogP contribution in [0.2, 0.25) is 0 Å². The molecule has 0 fully saturated rings. The van der Waals surface area contributed by atoms with Crippen molar-refractivity contribution in [2.45, 2.75) is 20.3 Å². The van der Waals surface area contributed by atoms with Gasteiger partial charge in [0.05, 0.1) is 0 Å². The van der Waals surface area contributed by atoms with Crippen LogP contribution >= 0.6 is 0 Å². The quantitative estimate of drug-likeness (QED) is 0.876. The number of hydrogen-bond acceptors (Lipinski definition) is 3. The smallest absolute Gasteiger partial charge is 0.135 e. The van der Waals surface area contributed by atoms with Gasteiger partial charge < -0.3 is 5.32 Å². The first-order valence-corrected chi connectivity index (χ1v) is 5.76. The van der Waals surface area contributed by atoms with Crippen LogP contribution in [0.5, 0.6) is 0 Å². The van der Waals surface area contributed by atoms with E-state index in [0.717, 1.165) is 29.3 Å². The van der Waals surface area contributed by atoms with E-state index >= 15 is 0 Å². The zero-order chi connectivity index (χ0) is 12.3. The summed E-state index contributed by atoms with van der Waals surface area (Å²) in [6.45, 7) is 4.06. The van der Waals surface area contributed by atoms with Crippen molar-refractivity contribution in [1.29, 1.82) is 0 Å². The fourth-order valence-electron chi connectivity index (χ4n) is 1.79. The second kappa shape index (κ2) is 4.95.